The summed E-state index contributed by atoms with van der Waals surface area (Å²) in [6.45, 7) is 7.35. The van der Waals surface area contributed by atoms with Gasteiger partial charge in [0, 0.05) is 38.4 Å². The van der Waals surface area contributed by atoms with Crippen LogP contribution in [0.4, 0.5) is 5.69 Å². The summed E-state index contributed by atoms with van der Waals surface area (Å²) in [5.74, 6) is -0.253. The summed E-state index contributed by atoms with van der Waals surface area (Å²) in [6, 6.07) is 18.3. The fourth-order valence-electron chi connectivity index (χ4n) is 3.03. The minimum absolute atomic E-state index is 0.253. The summed E-state index contributed by atoms with van der Waals surface area (Å²) in [7, 11) is 0. The van der Waals surface area contributed by atoms with Gasteiger partial charge < -0.3 is 9.64 Å². The van der Waals surface area contributed by atoms with E-state index in [1.54, 1.807) is 0 Å². The molecule has 0 atom stereocenters. The van der Waals surface area contributed by atoms with Crippen molar-refractivity contribution in [3.63, 3.8) is 0 Å². The second-order valence-electron chi connectivity index (χ2n) is 6.02. The molecule has 1 heterocycles. The fraction of sp³-hybridized carbons (Fsp3) is 0.350. The lowest BCUT2D eigenvalue weighted by molar-refractivity contribution is 0.0526. The lowest BCUT2D eigenvalue weighted by Crippen LogP contribution is -2.45. The van der Waals surface area contributed by atoms with E-state index in [1.165, 1.54) is 11.3 Å². The lowest BCUT2D eigenvalue weighted by Gasteiger charge is -2.36. The summed E-state index contributed by atoms with van der Waals surface area (Å²) in [5, 5.41) is 0. The minimum atomic E-state index is -0.253. The molecule has 1 fully saturated rings. The van der Waals surface area contributed by atoms with Crippen molar-refractivity contribution in [2.75, 3.05) is 37.7 Å². The monoisotopic (exact) mass is 324 g/mol. The van der Waals surface area contributed by atoms with Crippen molar-refractivity contribution in [3.8, 4) is 0 Å². The Morgan fingerprint density at radius 2 is 1.62 bits per heavy atom. The van der Waals surface area contributed by atoms with Crippen LogP contribution < -0.4 is 4.90 Å². The van der Waals surface area contributed by atoms with Crippen LogP contribution in [0, 0.1) is 0 Å². The van der Waals surface area contributed by atoms with Crippen LogP contribution in [0.15, 0.2) is 54.6 Å². The Labute approximate surface area is 143 Å². The molecule has 24 heavy (non-hydrogen) atoms. The molecule has 1 aliphatic rings. The molecule has 4 heteroatoms. The van der Waals surface area contributed by atoms with Crippen molar-refractivity contribution in [3.05, 3.63) is 65.7 Å². The molecule has 0 aliphatic carbocycles. The first-order chi connectivity index (χ1) is 11.8. The van der Waals surface area contributed by atoms with E-state index in [0.29, 0.717) is 12.2 Å². The van der Waals surface area contributed by atoms with Crippen molar-refractivity contribution in [1.29, 1.82) is 0 Å². The highest BCUT2D eigenvalue weighted by molar-refractivity contribution is 5.89. The van der Waals surface area contributed by atoms with Crippen molar-refractivity contribution in [1.82, 2.24) is 4.90 Å². The maximum atomic E-state index is 11.7. The smallest absolute Gasteiger partial charge is 0.338 e. The highest BCUT2D eigenvalue weighted by atomic mass is 16.5. The van der Waals surface area contributed by atoms with Crippen LogP contribution in [0.3, 0.4) is 0 Å². The molecule has 0 spiro atoms. The molecule has 0 aromatic heterocycles. The van der Waals surface area contributed by atoms with E-state index in [0.717, 1.165) is 32.7 Å². The molecule has 0 radical (unpaired) electrons. The van der Waals surface area contributed by atoms with Gasteiger partial charge in [-0.1, -0.05) is 30.3 Å². The Bertz CT molecular complexity index is 647. The summed E-state index contributed by atoms with van der Waals surface area (Å²) in [4.78, 5) is 16.6. The predicted octanol–water partition coefficient (Wildman–Crippen LogP) is 3.19. The van der Waals surface area contributed by atoms with Gasteiger partial charge in [0.15, 0.2) is 0 Å². The molecule has 3 rings (SSSR count). The Balaban J connectivity index is 1.54. The highest BCUT2D eigenvalue weighted by Gasteiger charge is 2.17. The molecule has 1 aliphatic heterocycles. The summed E-state index contributed by atoms with van der Waals surface area (Å²) >= 11 is 0. The Morgan fingerprint density at radius 3 is 2.25 bits per heavy atom. The van der Waals surface area contributed by atoms with Gasteiger partial charge in [-0.25, -0.2) is 4.79 Å². The van der Waals surface area contributed by atoms with Crippen LogP contribution in [-0.2, 0) is 11.3 Å². The standard InChI is InChI=1S/C20H24N2O2/c1-2-24-20(23)18-8-10-19(11-9-18)22-14-12-21(13-15-22)16-17-6-4-3-5-7-17/h3-11H,2,12-16H2,1H3. The first kappa shape index (κ1) is 16.5. The topological polar surface area (TPSA) is 32.8 Å². The molecule has 2 aromatic rings. The van der Waals surface area contributed by atoms with Gasteiger partial charge in [-0.05, 0) is 36.8 Å². The van der Waals surface area contributed by atoms with Gasteiger partial charge in [-0.2, -0.15) is 0 Å². The number of carbonyl (C=O) groups excluding carboxylic acids is 1. The number of benzene rings is 2. The van der Waals surface area contributed by atoms with Crippen LogP contribution in [0.25, 0.3) is 0 Å². The molecule has 0 amide bonds. The van der Waals surface area contributed by atoms with Gasteiger partial charge in [0.25, 0.3) is 0 Å². The van der Waals surface area contributed by atoms with Crippen LogP contribution in [0.5, 0.6) is 0 Å². The summed E-state index contributed by atoms with van der Waals surface area (Å²) in [6.07, 6.45) is 0. The third-order valence-electron chi connectivity index (χ3n) is 4.36. The number of piperazine rings is 1. The number of hydrogen-bond acceptors (Lipinski definition) is 4. The van der Waals surface area contributed by atoms with Crippen molar-refractivity contribution in [2.45, 2.75) is 13.5 Å². The van der Waals surface area contributed by atoms with E-state index < -0.39 is 0 Å². The predicted molar refractivity (Wildman–Crippen MR) is 96.3 cm³/mol. The van der Waals surface area contributed by atoms with E-state index >= 15 is 0 Å². The van der Waals surface area contributed by atoms with Gasteiger partial charge in [0.2, 0.25) is 0 Å². The van der Waals surface area contributed by atoms with Gasteiger partial charge >= 0.3 is 5.97 Å². The molecule has 0 bridgehead atoms. The van der Waals surface area contributed by atoms with Crippen molar-refractivity contribution in [2.24, 2.45) is 0 Å². The lowest BCUT2D eigenvalue weighted by atomic mass is 10.1. The van der Waals surface area contributed by atoms with Gasteiger partial charge in [0.05, 0.1) is 12.2 Å². The Morgan fingerprint density at radius 1 is 0.958 bits per heavy atom. The fourth-order valence-corrected chi connectivity index (χ4v) is 3.03. The van der Waals surface area contributed by atoms with Gasteiger partial charge in [-0.15, -0.1) is 0 Å². The maximum Gasteiger partial charge on any atom is 0.338 e. The number of hydrogen-bond donors (Lipinski definition) is 0. The SMILES string of the molecule is CCOC(=O)c1ccc(N2CCN(Cc3ccccc3)CC2)cc1. The largest absolute Gasteiger partial charge is 0.462 e. The van der Waals surface area contributed by atoms with E-state index in [2.05, 4.69) is 40.1 Å². The number of ether oxygens (including phenoxy) is 1. The average Bonchev–Trinajstić information content (AvgIpc) is 2.64. The molecule has 0 saturated carbocycles. The molecular weight excluding hydrogens is 300 g/mol. The molecule has 126 valence electrons. The second kappa shape index (κ2) is 7.97. The Hall–Kier alpha value is -2.33. The molecular formula is C20H24N2O2. The zero-order valence-corrected chi connectivity index (χ0v) is 14.1. The van der Waals surface area contributed by atoms with Crippen LogP contribution in [0.1, 0.15) is 22.8 Å². The van der Waals surface area contributed by atoms with Gasteiger partial charge in [-0.3, -0.25) is 4.90 Å². The molecule has 0 unspecified atom stereocenters. The van der Waals surface area contributed by atoms with Crippen LogP contribution >= 0.6 is 0 Å². The van der Waals surface area contributed by atoms with Crippen LogP contribution in [-0.4, -0.2) is 43.7 Å². The third kappa shape index (κ3) is 4.15. The van der Waals surface area contributed by atoms with Crippen molar-refractivity contribution < 1.29 is 9.53 Å². The normalized spacial score (nSPS) is 15.3. The van der Waals surface area contributed by atoms with Gasteiger partial charge in [0.1, 0.15) is 0 Å². The van der Waals surface area contributed by atoms with E-state index in [4.69, 9.17) is 4.74 Å². The first-order valence-electron chi connectivity index (χ1n) is 8.54. The van der Waals surface area contributed by atoms with Crippen LogP contribution in [0.2, 0.25) is 0 Å². The molecule has 0 N–H and O–H groups in total. The second-order valence-corrected chi connectivity index (χ2v) is 6.02. The van der Waals surface area contributed by atoms with E-state index in [-0.39, 0.29) is 5.97 Å². The molecule has 1 saturated heterocycles. The number of esters is 1. The summed E-state index contributed by atoms with van der Waals surface area (Å²) < 4.78 is 5.02. The number of rotatable bonds is 5. The minimum Gasteiger partial charge on any atom is -0.462 e. The summed E-state index contributed by atoms with van der Waals surface area (Å²) in [5.41, 5.74) is 3.15. The van der Waals surface area contributed by atoms with E-state index in [1.807, 2.05) is 31.2 Å². The molecule has 4 nitrogen and oxygen atoms in total. The zero-order valence-electron chi connectivity index (χ0n) is 14.1. The zero-order chi connectivity index (χ0) is 16.8. The average molecular weight is 324 g/mol. The maximum absolute atomic E-state index is 11.7. The first-order valence-corrected chi connectivity index (χ1v) is 8.54. The molecule has 2 aromatic carbocycles. The van der Waals surface area contributed by atoms with E-state index in [9.17, 15) is 4.79 Å². The number of nitrogens with zero attached hydrogens (tertiary/aromatic N) is 2. The number of anilines is 1. The Kier molecular flexibility index (Phi) is 5.49. The third-order valence-corrected chi connectivity index (χ3v) is 4.36. The van der Waals surface area contributed by atoms with Crippen molar-refractivity contribution >= 4 is 11.7 Å². The number of carbonyl (C=O) groups is 1. The highest BCUT2D eigenvalue weighted by Crippen LogP contribution is 2.18. The quantitative estimate of drug-likeness (QED) is 0.791.